The SMILES string of the molecule is C[C@@H](NS(=O)(=O)c1ccc(Cl)cc1)C(=O)NCCCn1ccnc1. The lowest BCUT2D eigenvalue weighted by atomic mass is 10.3. The lowest BCUT2D eigenvalue weighted by Crippen LogP contribution is -2.45. The molecule has 0 spiro atoms. The molecule has 9 heteroatoms. The highest BCUT2D eigenvalue weighted by Crippen LogP contribution is 2.14. The average molecular weight is 371 g/mol. The van der Waals surface area contributed by atoms with Crippen LogP contribution < -0.4 is 10.0 Å². The van der Waals surface area contributed by atoms with Crippen LogP contribution in [0.5, 0.6) is 0 Å². The Hall–Kier alpha value is -1.90. The highest BCUT2D eigenvalue weighted by atomic mass is 35.5. The molecule has 0 radical (unpaired) electrons. The fourth-order valence-electron chi connectivity index (χ4n) is 2.01. The van der Waals surface area contributed by atoms with Gasteiger partial charge in [-0.2, -0.15) is 4.72 Å². The number of hydrogen-bond donors (Lipinski definition) is 2. The van der Waals surface area contributed by atoms with E-state index in [1.165, 1.54) is 31.2 Å². The summed E-state index contributed by atoms with van der Waals surface area (Å²) in [5.41, 5.74) is 0. The summed E-state index contributed by atoms with van der Waals surface area (Å²) in [4.78, 5) is 16.0. The Morgan fingerprint density at radius 3 is 2.67 bits per heavy atom. The summed E-state index contributed by atoms with van der Waals surface area (Å²) < 4.78 is 28.6. The summed E-state index contributed by atoms with van der Waals surface area (Å²) in [5, 5.41) is 3.15. The van der Waals surface area contributed by atoms with Crippen LogP contribution in [0.4, 0.5) is 0 Å². The van der Waals surface area contributed by atoms with Crippen molar-refractivity contribution >= 4 is 27.5 Å². The number of imidazole rings is 1. The molecule has 0 aliphatic carbocycles. The van der Waals surface area contributed by atoms with E-state index < -0.39 is 16.1 Å². The number of sulfonamides is 1. The first-order valence-corrected chi connectivity index (χ1v) is 9.26. The van der Waals surface area contributed by atoms with Crippen LogP contribution in [0, 0.1) is 0 Å². The van der Waals surface area contributed by atoms with Gasteiger partial charge in [0.2, 0.25) is 15.9 Å². The number of halogens is 1. The molecule has 0 fully saturated rings. The standard InChI is InChI=1S/C15H19ClN4O3S/c1-12(15(21)18-7-2-9-20-10-8-17-11-20)19-24(22,23)14-5-3-13(16)4-6-14/h3-6,8,10-12,19H,2,7,9H2,1H3,(H,18,21)/t12-/m1/s1. The van der Waals surface area contributed by atoms with Gasteiger partial charge in [0.05, 0.1) is 17.3 Å². The lowest BCUT2D eigenvalue weighted by molar-refractivity contribution is -0.122. The molecule has 2 aromatic rings. The van der Waals surface area contributed by atoms with Gasteiger partial charge >= 0.3 is 0 Å². The van der Waals surface area contributed by atoms with E-state index in [4.69, 9.17) is 11.6 Å². The summed E-state index contributed by atoms with van der Waals surface area (Å²) in [6.45, 7) is 2.67. The molecule has 0 bridgehead atoms. The number of carbonyl (C=O) groups excluding carboxylic acids is 1. The van der Waals surface area contributed by atoms with Crippen LogP contribution in [-0.2, 0) is 21.4 Å². The molecular formula is C15H19ClN4O3S. The average Bonchev–Trinajstić information content (AvgIpc) is 3.04. The van der Waals surface area contributed by atoms with Crippen molar-refractivity contribution in [2.24, 2.45) is 0 Å². The molecule has 0 saturated heterocycles. The van der Waals surface area contributed by atoms with Gasteiger partial charge in [-0.1, -0.05) is 11.6 Å². The number of rotatable bonds is 8. The maximum Gasteiger partial charge on any atom is 0.241 e. The first kappa shape index (κ1) is 18.4. The fraction of sp³-hybridized carbons (Fsp3) is 0.333. The molecule has 0 saturated carbocycles. The van der Waals surface area contributed by atoms with Crippen molar-refractivity contribution in [3.8, 4) is 0 Å². The van der Waals surface area contributed by atoms with Crippen LogP contribution in [0.3, 0.4) is 0 Å². The Bertz CT molecular complexity index is 761. The summed E-state index contributed by atoms with van der Waals surface area (Å²) in [5.74, 6) is -0.377. The lowest BCUT2D eigenvalue weighted by Gasteiger charge is -2.14. The number of aromatic nitrogens is 2. The summed E-state index contributed by atoms with van der Waals surface area (Å²) >= 11 is 5.74. The van der Waals surface area contributed by atoms with E-state index in [9.17, 15) is 13.2 Å². The quantitative estimate of drug-likeness (QED) is 0.687. The molecule has 1 aromatic heterocycles. The minimum absolute atomic E-state index is 0.0617. The molecule has 0 unspecified atom stereocenters. The molecule has 24 heavy (non-hydrogen) atoms. The van der Waals surface area contributed by atoms with Crippen molar-refractivity contribution < 1.29 is 13.2 Å². The zero-order valence-corrected chi connectivity index (χ0v) is 14.7. The van der Waals surface area contributed by atoms with Crippen molar-refractivity contribution in [3.63, 3.8) is 0 Å². The molecule has 2 N–H and O–H groups in total. The number of aryl methyl sites for hydroxylation is 1. The van der Waals surface area contributed by atoms with Gasteiger partial charge in [-0.05, 0) is 37.6 Å². The van der Waals surface area contributed by atoms with Gasteiger partial charge in [-0.25, -0.2) is 13.4 Å². The molecule has 7 nitrogen and oxygen atoms in total. The number of nitrogens with zero attached hydrogens (tertiary/aromatic N) is 2. The number of amides is 1. The molecule has 0 aliphatic rings. The molecule has 1 atom stereocenters. The predicted molar refractivity (Wildman–Crippen MR) is 91.1 cm³/mol. The van der Waals surface area contributed by atoms with E-state index in [2.05, 4.69) is 15.0 Å². The van der Waals surface area contributed by atoms with Gasteiger partial charge in [-0.3, -0.25) is 4.79 Å². The maximum atomic E-state index is 12.2. The Balaban J connectivity index is 1.80. The fourth-order valence-corrected chi connectivity index (χ4v) is 3.34. The van der Waals surface area contributed by atoms with Gasteiger partial charge in [0.15, 0.2) is 0 Å². The van der Waals surface area contributed by atoms with Gasteiger partial charge in [0, 0.05) is 30.5 Å². The van der Waals surface area contributed by atoms with E-state index in [0.29, 0.717) is 11.6 Å². The molecule has 1 heterocycles. The Kier molecular flexibility index (Phi) is 6.36. The van der Waals surface area contributed by atoms with Crippen LogP contribution in [0.15, 0.2) is 47.9 Å². The number of nitrogens with one attached hydrogen (secondary N) is 2. The topological polar surface area (TPSA) is 93.1 Å². The smallest absolute Gasteiger partial charge is 0.241 e. The van der Waals surface area contributed by atoms with E-state index in [1.54, 1.807) is 12.5 Å². The molecule has 1 aromatic carbocycles. The second kappa shape index (κ2) is 8.27. The highest BCUT2D eigenvalue weighted by Gasteiger charge is 2.21. The zero-order valence-electron chi connectivity index (χ0n) is 13.1. The monoisotopic (exact) mass is 370 g/mol. The van der Waals surface area contributed by atoms with E-state index in [-0.39, 0.29) is 10.8 Å². The van der Waals surface area contributed by atoms with Crippen LogP contribution in [0.25, 0.3) is 0 Å². The van der Waals surface area contributed by atoms with E-state index in [1.807, 2.05) is 10.8 Å². The summed E-state index contributed by atoms with van der Waals surface area (Å²) in [6.07, 6.45) is 5.94. The summed E-state index contributed by atoms with van der Waals surface area (Å²) in [6, 6.07) is 4.87. The maximum absolute atomic E-state index is 12.2. The highest BCUT2D eigenvalue weighted by molar-refractivity contribution is 7.89. The zero-order chi connectivity index (χ0) is 17.6. The second-order valence-corrected chi connectivity index (χ2v) is 7.39. The number of carbonyl (C=O) groups is 1. The normalized spacial score (nSPS) is 12.8. The minimum Gasteiger partial charge on any atom is -0.355 e. The van der Waals surface area contributed by atoms with Crippen LogP contribution in [-0.4, -0.2) is 36.5 Å². The van der Waals surface area contributed by atoms with Gasteiger partial charge in [0.1, 0.15) is 0 Å². The van der Waals surface area contributed by atoms with Crippen molar-refractivity contribution in [3.05, 3.63) is 48.0 Å². The predicted octanol–water partition coefficient (Wildman–Crippen LogP) is 1.41. The first-order chi connectivity index (χ1) is 11.4. The van der Waals surface area contributed by atoms with Gasteiger partial charge in [0.25, 0.3) is 0 Å². The third kappa shape index (κ3) is 5.33. The first-order valence-electron chi connectivity index (χ1n) is 7.40. The third-order valence-corrected chi connectivity index (χ3v) is 5.11. The van der Waals surface area contributed by atoms with Crippen molar-refractivity contribution in [1.82, 2.24) is 19.6 Å². The largest absolute Gasteiger partial charge is 0.355 e. The van der Waals surface area contributed by atoms with Crippen molar-refractivity contribution in [2.45, 2.75) is 30.8 Å². The Labute approximate surface area is 146 Å². The molecule has 130 valence electrons. The van der Waals surface area contributed by atoms with Crippen LogP contribution in [0.2, 0.25) is 5.02 Å². The third-order valence-electron chi connectivity index (χ3n) is 3.30. The molecule has 2 rings (SSSR count). The number of benzene rings is 1. The van der Waals surface area contributed by atoms with Gasteiger partial charge < -0.3 is 9.88 Å². The minimum atomic E-state index is -3.77. The summed E-state index contributed by atoms with van der Waals surface area (Å²) in [7, 11) is -3.77. The van der Waals surface area contributed by atoms with E-state index in [0.717, 1.165) is 13.0 Å². The van der Waals surface area contributed by atoms with Crippen LogP contribution >= 0.6 is 11.6 Å². The molecular weight excluding hydrogens is 352 g/mol. The van der Waals surface area contributed by atoms with E-state index >= 15 is 0 Å². The Morgan fingerprint density at radius 1 is 1.33 bits per heavy atom. The van der Waals surface area contributed by atoms with Crippen molar-refractivity contribution in [2.75, 3.05) is 6.54 Å². The van der Waals surface area contributed by atoms with Gasteiger partial charge in [-0.15, -0.1) is 0 Å². The molecule has 0 aliphatic heterocycles. The van der Waals surface area contributed by atoms with Crippen molar-refractivity contribution in [1.29, 1.82) is 0 Å². The number of hydrogen-bond acceptors (Lipinski definition) is 4. The molecule has 1 amide bonds. The second-order valence-electron chi connectivity index (χ2n) is 5.24. The van der Waals surface area contributed by atoms with Crippen LogP contribution in [0.1, 0.15) is 13.3 Å². The Morgan fingerprint density at radius 2 is 2.04 bits per heavy atom.